The van der Waals surface area contributed by atoms with Crippen LogP contribution in [0.15, 0.2) is 12.7 Å². The van der Waals surface area contributed by atoms with Gasteiger partial charge >= 0.3 is 0 Å². The Bertz CT molecular complexity index is 598. The van der Waals surface area contributed by atoms with Gasteiger partial charge in [0.05, 0.1) is 19.0 Å². The summed E-state index contributed by atoms with van der Waals surface area (Å²) in [7, 11) is 0. The summed E-state index contributed by atoms with van der Waals surface area (Å²) in [6, 6.07) is 0. The average Bonchev–Trinajstić information content (AvgIpc) is 2.92. The first-order valence-corrected chi connectivity index (χ1v) is 7.53. The topological polar surface area (TPSA) is 82.1 Å². The Morgan fingerprint density at radius 2 is 2.24 bits per heavy atom. The lowest BCUT2D eigenvalue weighted by Crippen LogP contribution is -2.42. The predicted octanol–water partition coefficient (Wildman–Crippen LogP) is 0.909. The van der Waals surface area contributed by atoms with Crippen molar-refractivity contribution in [1.82, 2.24) is 24.4 Å². The molecule has 0 amide bonds. The molecule has 0 radical (unpaired) electrons. The van der Waals surface area contributed by atoms with E-state index in [0.717, 1.165) is 51.3 Å². The van der Waals surface area contributed by atoms with Gasteiger partial charge in [0.2, 0.25) is 0 Å². The van der Waals surface area contributed by atoms with Crippen LogP contribution >= 0.6 is 0 Å². The second-order valence-electron chi connectivity index (χ2n) is 5.42. The summed E-state index contributed by atoms with van der Waals surface area (Å²) in [5, 5.41) is 0. The van der Waals surface area contributed by atoms with Crippen LogP contribution in [0.1, 0.15) is 19.8 Å². The third-order valence-electron chi connectivity index (χ3n) is 3.98. The van der Waals surface area contributed by atoms with Crippen LogP contribution in [-0.2, 0) is 11.3 Å². The highest BCUT2D eigenvalue weighted by Gasteiger charge is 2.18. The largest absolute Gasteiger partial charge is 0.382 e. The minimum Gasteiger partial charge on any atom is -0.382 e. The van der Waals surface area contributed by atoms with E-state index in [2.05, 4.69) is 26.8 Å². The number of morpholine rings is 1. The van der Waals surface area contributed by atoms with Crippen molar-refractivity contribution in [1.29, 1.82) is 0 Å². The molecule has 21 heavy (non-hydrogen) atoms. The van der Waals surface area contributed by atoms with Crippen molar-refractivity contribution >= 4 is 17.0 Å². The maximum absolute atomic E-state index is 5.80. The van der Waals surface area contributed by atoms with Gasteiger partial charge in [0, 0.05) is 26.2 Å². The highest BCUT2D eigenvalue weighted by Crippen LogP contribution is 2.15. The number of aryl methyl sites for hydroxylation is 1. The van der Waals surface area contributed by atoms with Crippen LogP contribution in [0.2, 0.25) is 0 Å². The van der Waals surface area contributed by atoms with E-state index in [0.29, 0.717) is 17.4 Å². The minimum absolute atomic E-state index is 0.389. The maximum atomic E-state index is 5.80. The lowest BCUT2D eigenvalue weighted by Gasteiger charge is -2.32. The maximum Gasteiger partial charge on any atom is 0.165 e. The van der Waals surface area contributed by atoms with Gasteiger partial charge < -0.3 is 15.0 Å². The molecule has 2 aromatic heterocycles. The molecule has 2 aromatic rings. The van der Waals surface area contributed by atoms with E-state index in [4.69, 9.17) is 10.5 Å². The average molecular weight is 290 g/mol. The number of fused-ring (bicyclic) bond motifs is 1. The Balaban J connectivity index is 1.56. The summed E-state index contributed by atoms with van der Waals surface area (Å²) in [4.78, 5) is 15.0. The van der Waals surface area contributed by atoms with E-state index in [1.165, 1.54) is 6.33 Å². The van der Waals surface area contributed by atoms with Crippen molar-refractivity contribution in [3.05, 3.63) is 12.7 Å². The molecule has 0 bridgehead atoms. The van der Waals surface area contributed by atoms with E-state index in [-0.39, 0.29) is 0 Å². The fraction of sp³-hybridized carbons (Fsp3) is 0.643. The van der Waals surface area contributed by atoms with Gasteiger partial charge in [-0.25, -0.2) is 15.0 Å². The third-order valence-corrected chi connectivity index (χ3v) is 3.98. The SMILES string of the molecule is CCC1CN(CCCn2cnc3c(N)ncnc32)CCO1. The molecule has 1 fully saturated rings. The molecule has 0 aromatic carbocycles. The number of aromatic nitrogens is 4. The fourth-order valence-corrected chi connectivity index (χ4v) is 2.76. The zero-order valence-corrected chi connectivity index (χ0v) is 12.4. The molecule has 1 aliphatic rings. The highest BCUT2D eigenvalue weighted by molar-refractivity contribution is 5.80. The number of anilines is 1. The van der Waals surface area contributed by atoms with Gasteiger partial charge in [-0.2, -0.15) is 0 Å². The molecule has 2 N–H and O–H groups in total. The lowest BCUT2D eigenvalue weighted by molar-refractivity contribution is -0.0300. The minimum atomic E-state index is 0.389. The number of nitrogens with zero attached hydrogens (tertiary/aromatic N) is 5. The number of hydrogen-bond acceptors (Lipinski definition) is 6. The Kier molecular flexibility index (Phi) is 4.31. The molecular weight excluding hydrogens is 268 g/mol. The first-order valence-electron chi connectivity index (χ1n) is 7.53. The van der Waals surface area contributed by atoms with Crippen LogP contribution in [0.25, 0.3) is 11.2 Å². The molecule has 114 valence electrons. The summed E-state index contributed by atoms with van der Waals surface area (Å²) in [6.07, 6.45) is 5.82. The quantitative estimate of drug-likeness (QED) is 0.881. The normalized spacial score (nSPS) is 20.1. The number of imidazole rings is 1. The molecule has 1 atom stereocenters. The van der Waals surface area contributed by atoms with Crippen LogP contribution in [0, 0.1) is 0 Å². The molecule has 7 heteroatoms. The van der Waals surface area contributed by atoms with E-state index < -0.39 is 0 Å². The molecule has 3 rings (SSSR count). The molecule has 0 spiro atoms. The Morgan fingerprint density at radius 3 is 3.10 bits per heavy atom. The van der Waals surface area contributed by atoms with Crippen LogP contribution in [0.4, 0.5) is 5.82 Å². The molecular formula is C14H22N6O. The van der Waals surface area contributed by atoms with Crippen molar-refractivity contribution in [2.75, 3.05) is 32.0 Å². The molecule has 7 nitrogen and oxygen atoms in total. The summed E-state index contributed by atoms with van der Waals surface area (Å²) >= 11 is 0. The van der Waals surface area contributed by atoms with Crippen LogP contribution in [-0.4, -0.2) is 56.8 Å². The molecule has 0 saturated carbocycles. The summed E-state index contributed by atoms with van der Waals surface area (Å²) in [5.41, 5.74) is 7.30. The number of rotatable bonds is 5. The van der Waals surface area contributed by atoms with Crippen molar-refractivity contribution in [2.45, 2.75) is 32.4 Å². The molecule has 0 aliphatic carbocycles. The number of nitrogen functional groups attached to an aromatic ring is 1. The van der Waals surface area contributed by atoms with E-state index in [9.17, 15) is 0 Å². The zero-order chi connectivity index (χ0) is 14.7. The van der Waals surface area contributed by atoms with Gasteiger partial charge in [0.1, 0.15) is 11.8 Å². The summed E-state index contributed by atoms with van der Waals surface area (Å²) < 4.78 is 7.74. The van der Waals surface area contributed by atoms with Gasteiger partial charge in [0.25, 0.3) is 0 Å². The zero-order valence-electron chi connectivity index (χ0n) is 12.4. The third kappa shape index (κ3) is 3.14. The van der Waals surface area contributed by atoms with Crippen molar-refractivity contribution < 1.29 is 4.74 Å². The smallest absolute Gasteiger partial charge is 0.165 e. The summed E-state index contributed by atoms with van der Waals surface area (Å²) in [6.45, 7) is 7.04. The number of nitrogens with two attached hydrogens (primary N) is 1. The first-order chi connectivity index (χ1) is 10.3. The molecule has 3 heterocycles. The van der Waals surface area contributed by atoms with Gasteiger partial charge in [-0.3, -0.25) is 4.90 Å². The van der Waals surface area contributed by atoms with Crippen LogP contribution in [0.3, 0.4) is 0 Å². The predicted molar refractivity (Wildman–Crippen MR) is 80.8 cm³/mol. The van der Waals surface area contributed by atoms with Gasteiger partial charge in [0.15, 0.2) is 11.5 Å². The number of hydrogen-bond donors (Lipinski definition) is 1. The lowest BCUT2D eigenvalue weighted by atomic mass is 10.2. The van der Waals surface area contributed by atoms with Gasteiger partial charge in [-0.05, 0) is 12.8 Å². The Labute approximate surface area is 124 Å². The first kappa shape index (κ1) is 14.2. The van der Waals surface area contributed by atoms with E-state index >= 15 is 0 Å². The van der Waals surface area contributed by atoms with Crippen molar-refractivity contribution in [2.24, 2.45) is 0 Å². The van der Waals surface area contributed by atoms with E-state index in [1.807, 2.05) is 4.57 Å². The Morgan fingerprint density at radius 1 is 1.33 bits per heavy atom. The molecule has 1 unspecified atom stereocenters. The molecule has 1 aliphatic heterocycles. The van der Waals surface area contributed by atoms with Crippen LogP contribution < -0.4 is 5.73 Å². The standard InChI is InChI=1S/C14H22N6O/c1-2-11-8-19(6-7-21-11)4-3-5-20-10-18-12-13(15)16-9-17-14(12)20/h9-11H,2-8H2,1H3,(H2,15,16,17). The highest BCUT2D eigenvalue weighted by atomic mass is 16.5. The molecule has 1 saturated heterocycles. The van der Waals surface area contributed by atoms with Crippen molar-refractivity contribution in [3.63, 3.8) is 0 Å². The second-order valence-corrected chi connectivity index (χ2v) is 5.42. The van der Waals surface area contributed by atoms with Crippen LogP contribution in [0.5, 0.6) is 0 Å². The fourth-order valence-electron chi connectivity index (χ4n) is 2.76. The van der Waals surface area contributed by atoms with Gasteiger partial charge in [-0.1, -0.05) is 6.92 Å². The van der Waals surface area contributed by atoms with Gasteiger partial charge in [-0.15, -0.1) is 0 Å². The van der Waals surface area contributed by atoms with E-state index in [1.54, 1.807) is 6.33 Å². The van der Waals surface area contributed by atoms with Crippen molar-refractivity contribution in [3.8, 4) is 0 Å². The summed E-state index contributed by atoms with van der Waals surface area (Å²) in [5.74, 6) is 0.442. The Hall–Kier alpha value is -1.73. The second kappa shape index (κ2) is 6.36. The monoisotopic (exact) mass is 290 g/mol. The number of ether oxygens (including phenoxy) is 1.